The van der Waals surface area contributed by atoms with Gasteiger partial charge in [-0.3, -0.25) is 37.3 Å². The SMILES string of the molecule is CC/C=C\C/C=C\C/C=C\C/C=C\C/C=C\C/C=C\CCC(=O)O[C@H](COC(=O)CCCCCCC/C=C\CCCCCC)COP(=O)(O)OC[C@H](O)COP(=O)(O)OC[C@@H](COC(=O)CCCCCCC/C=C\C/C=C\CCCCC)OC(=O)CCCCCCC/C=C\C/C=C\CCCCC. The van der Waals surface area contributed by atoms with Crippen LogP contribution in [0.4, 0.5) is 0 Å². The predicted molar refractivity (Wildman–Crippen MR) is 418 cm³/mol. The maximum atomic E-state index is 13.1. The summed E-state index contributed by atoms with van der Waals surface area (Å²) in [6.45, 7) is 4.57. The molecule has 0 aromatic heterocycles. The molecule has 2 unspecified atom stereocenters. The van der Waals surface area contributed by atoms with E-state index in [4.69, 9.17) is 37.0 Å². The number of aliphatic hydroxyl groups is 1. The van der Waals surface area contributed by atoms with Gasteiger partial charge in [0.05, 0.1) is 26.4 Å². The molecule has 0 fully saturated rings. The van der Waals surface area contributed by atoms with E-state index in [1.165, 1.54) is 64.2 Å². The minimum absolute atomic E-state index is 0.0350. The van der Waals surface area contributed by atoms with Crippen molar-refractivity contribution in [3.8, 4) is 0 Å². The average molecular weight is 1470 g/mol. The molecule has 0 amide bonds. The van der Waals surface area contributed by atoms with Crippen molar-refractivity contribution >= 4 is 39.5 Å². The van der Waals surface area contributed by atoms with E-state index in [9.17, 15) is 43.2 Å². The Kier molecular flexibility index (Phi) is 71.0. The van der Waals surface area contributed by atoms with Crippen LogP contribution in [0.2, 0.25) is 0 Å². The zero-order chi connectivity index (χ0) is 74.6. The summed E-state index contributed by atoms with van der Waals surface area (Å²) in [5.41, 5.74) is 0. The number of hydrogen-bond donors (Lipinski definition) is 3. The minimum Gasteiger partial charge on any atom is -0.462 e. The monoisotopic (exact) mass is 1470 g/mol. The molecule has 0 rings (SSSR count). The number of phosphoric ester groups is 2. The van der Waals surface area contributed by atoms with Crippen molar-refractivity contribution in [2.24, 2.45) is 0 Å². The van der Waals surface area contributed by atoms with E-state index in [1.807, 2.05) is 18.2 Å². The van der Waals surface area contributed by atoms with Gasteiger partial charge in [0.25, 0.3) is 0 Å². The first-order chi connectivity index (χ1) is 49.7. The molecule has 3 N–H and O–H groups in total. The summed E-state index contributed by atoms with van der Waals surface area (Å²) in [6, 6.07) is 0. The van der Waals surface area contributed by atoms with Crippen molar-refractivity contribution in [1.82, 2.24) is 0 Å². The lowest BCUT2D eigenvalue weighted by Gasteiger charge is -2.21. The Labute approximate surface area is 618 Å². The number of esters is 4. The average Bonchev–Trinajstić information content (AvgIpc) is 0.924. The number of ether oxygens (including phenoxy) is 4. The Morgan fingerprint density at radius 3 is 0.873 bits per heavy atom. The lowest BCUT2D eigenvalue weighted by Crippen LogP contribution is -2.30. The van der Waals surface area contributed by atoms with Gasteiger partial charge in [0.1, 0.15) is 19.3 Å². The number of aliphatic hydroxyl groups excluding tert-OH is 1. The first-order valence-corrected chi connectivity index (χ1v) is 42.4. The highest BCUT2D eigenvalue weighted by molar-refractivity contribution is 7.47. The molecule has 0 aromatic carbocycles. The highest BCUT2D eigenvalue weighted by atomic mass is 31.2. The number of unbranched alkanes of at least 4 members (excludes halogenated alkanes) is 25. The normalized spacial score (nSPS) is 14.6. The van der Waals surface area contributed by atoms with E-state index in [0.29, 0.717) is 32.1 Å². The summed E-state index contributed by atoms with van der Waals surface area (Å²) in [5.74, 6) is -2.31. The molecule has 17 nitrogen and oxygen atoms in total. The van der Waals surface area contributed by atoms with Crippen molar-refractivity contribution in [2.75, 3.05) is 39.6 Å². The topological polar surface area (TPSA) is 237 Å². The third-order valence-corrected chi connectivity index (χ3v) is 18.0. The van der Waals surface area contributed by atoms with E-state index in [-0.39, 0.29) is 25.7 Å². The molecule has 0 aliphatic carbocycles. The highest BCUT2D eigenvalue weighted by Crippen LogP contribution is 2.45. The van der Waals surface area contributed by atoms with Gasteiger partial charge in [-0.1, -0.05) is 264 Å². The Balaban J connectivity index is 5.46. The second-order valence-corrected chi connectivity index (χ2v) is 28.8. The van der Waals surface area contributed by atoms with Crippen LogP contribution in [0.3, 0.4) is 0 Å². The summed E-state index contributed by atoms with van der Waals surface area (Å²) in [4.78, 5) is 72.9. The molecule has 0 aliphatic heterocycles. The lowest BCUT2D eigenvalue weighted by molar-refractivity contribution is -0.161. The first kappa shape index (κ1) is 97.2. The number of carbonyl (C=O) groups is 4. The second kappa shape index (κ2) is 74.5. The maximum absolute atomic E-state index is 13.1. The zero-order valence-electron chi connectivity index (χ0n) is 63.7. The van der Waals surface area contributed by atoms with Gasteiger partial charge >= 0.3 is 39.5 Å². The Morgan fingerprint density at radius 1 is 0.284 bits per heavy atom. The van der Waals surface area contributed by atoms with Crippen molar-refractivity contribution in [3.05, 3.63) is 134 Å². The molecule has 0 spiro atoms. The van der Waals surface area contributed by atoms with Crippen LogP contribution in [-0.2, 0) is 65.4 Å². The first-order valence-electron chi connectivity index (χ1n) is 39.4. The molecule has 5 atom stereocenters. The van der Waals surface area contributed by atoms with Gasteiger partial charge in [-0.15, -0.1) is 0 Å². The van der Waals surface area contributed by atoms with E-state index in [1.54, 1.807) is 0 Å². The Morgan fingerprint density at radius 2 is 0.529 bits per heavy atom. The summed E-state index contributed by atoms with van der Waals surface area (Å²) in [5, 5.41) is 10.6. The van der Waals surface area contributed by atoms with Crippen LogP contribution < -0.4 is 0 Å². The lowest BCUT2D eigenvalue weighted by atomic mass is 10.1. The number of rotatable bonds is 73. The molecule has 0 saturated carbocycles. The Hall–Kier alpha value is -4.80. The molecule has 102 heavy (non-hydrogen) atoms. The zero-order valence-corrected chi connectivity index (χ0v) is 65.5. The van der Waals surface area contributed by atoms with E-state index >= 15 is 0 Å². The van der Waals surface area contributed by atoms with Crippen LogP contribution >= 0.6 is 15.6 Å². The summed E-state index contributed by atoms with van der Waals surface area (Å²) >= 11 is 0. The fourth-order valence-electron chi connectivity index (χ4n) is 10.1. The van der Waals surface area contributed by atoms with Gasteiger partial charge in [0.15, 0.2) is 12.2 Å². The highest BCUT2D eigenvalue weighted by Gasteiger charge is 2.30. The van der Waals surface area contributed by atoms with Crippen LogP contribution in [0.15, 0.2) is 134 Å². The molecule has 0 saturated heterocycles. The van der Waals surface area contributed by atoms with Crippen LogP contribution in [0.1, 0.15) is 310 Å². The Bertz CT molecular complexity index is 2460. The molecule has 584 valence electrons. The van der Waals surface area contributed by atoms with Crippen molar-refractivity contribution in [2.45, 2.75) is 329 Å². The molecular weight excluding hydrogens is 1330 g/mol. The van der Waals surface area contributed by atoms with Gasteiger partial charge in [-0.2, -0.15) is 0 Å². The van der Waals surface area contributed by atoms with Crippen LogP contribution in [0.5, 0.6) is 0 Å². The molecule has 0 aliphatic rings. The number of allylic oxidation sites excluding steroid dienone is 22. The molecule has 19 heteroatoms. The summed E-state index contributed by atoms with van der Waals surface area (Å²) in [7, 11) is -9.99. The van der Waals surface area contributed by atoms with Gasteiger partial charge in [-0.05, 0) is 154 Å². The van der Waals surface area contributed by atoms with Gasteiger partial charge in [-0.25, -0.2) is 9.13 Å². The van der Waals surface area contributed by atoms with Crippen molar-refractivity contribution < 1.29 is 80.2 Å². The van der Waals surface area contributed by atoms with Gasteiger partial charge in [0.2, 0.25) is 0 Å². The quantitative estimate of drug-likeness (QED) is 0.0169. The smallest absolute Gasteiger partial charge is 0.462 e. The summed E-state index contributed by atoms with van der Waals surface area (Å²) < 4.78 is 68.4. The maximum Gasteiger partial charge on any atom is 0.472 e. The second-order valence-electron chi connectivity index (χ2n) is 25.9. The third kappa shape index (κ3) is 73.5. The fourth-order valence-corrected chi connectivity index (χ4v) is 11.6. The van der Waals surface area contributed by atoms with E-state index < -0.39 is 97.5 Å². The molecule has 0 radical (unpaired) electrons. The fraction of sp³-hybridized carbons (Fsp3) is 0.687. The molecule has 0 aromatic rings. The summed E-state index contributed by atoms with van der Waals surface area (Å²) in [6.07, 6.45) is 83.0. The molecule has 0 heterocycles. The van der Waals surface area contributed by atoms with E-state index in [2.05, 4.69) is 143 Å². The van der Waals surface area contributed by atoms with Crippen LogP contribution in [0.25, 0.3) is 0 Å². The number of hydrogen-bond acceptors (Lipinski definition) is 15. The number of carbonyl (C=O) groups excluding carboxylic acids is 4. The number of phosphoric acid groups is 2. The van der Waals surface area contributed by atoms with E-state index in [0.717, 1.165) is 161 Å². The van der Waals surface area contributed by atoms with Gasteiger partial charge < -0.3 is 33.8 Å². The third-order valence-electron chi connectivity index (χ3n) is 16.1. The molecule has 0 bridgehead atoms. The predicted octanol–water partition coefficient (Wildman–Crippen LogP) is 22.9. The largest absolute Gasteiger partial charge is 0.472 e. The van der Waals surface area contributed by atoms with Crippen molar-refractivity contribution in [1.29, 1.82) is 0 Å². The van der Waals surface area contributed by atoms with Gasteiger partial charge in [0, 0.05) is 25.7 Å². The molecular formula is C83H140O17P2. The van der Waals surface area contributed by atoms with Crippen LogP contribution in [0, 0.1) is 0 Å². The van der Waals surface area contributed by atoms with Crippen LogP contribution in [-0.4, -0.2) is 96.7 Å². The minimum atomic E-state index is -5.00. The standard InChI is InChI=1S/C83H140O17P2/c1-5-9-13-17-21-25-29-33-36-37-38-39-42-46-50-54-58-62-66-70-83(88)100-78(73-93-80(85)67-63-59-55-51-47-43-32-28-24-20-16-12-8-4)75-97-101(89,90)95-71-77(84)72-96-102(91,92)98-76-79(99-82(87)69-65-61-57-53-49-45-41-35-31-27-23-19-15-11-7-3)74-94-81(86)68-64-60-56-52-48-44-40-34-30-26-22-18-14-10-6-2/h9,13,21-23,25-28,32-36,38-41,46,50,58,62,77-79,84H,5-8,10-12,14-20,24,29-31,37,42-45,47-49,51-57,59-61,63-76H2,1-4H3,(H,89,90)(H,91,92)/b13-9-,25-21-,26-22-,27-23-,32-28-,36-33-,39-38-,40-34-,41-35-,50-46-,62-58-/t77-,78+,79+/m0/s1. The van der Waals surface area contributed by atoms with Crippen molar-refractivity contribution in [3.63, 3.8) is 0 Å².